The Balaban J connectivity index is 2.12. The Morgan fingerprint density at radius 3 is 2.33 bits per heavy atom. The van der Waals surface area contributed by atoms with Crippen molar-refractivity contribution in [2.24, 2.45) is 0 Å². The van der Waals surface area contributed by atoms with Crippen LogP contribution in [0, 0.1) is 5.82 Å². The lowest BCUT2D eigenvalue weighted by atomic mass is 10.2. The van der Waals surface area contributed by atoms with Gasteiger partial charge in [-0.25, -0.2) is 4.39 Å². The predicted octanol–water partition coefficient (Wildman–Crippen LogP) is 3.64. The van der Waals surface area contributed by atoms with Crippen molar-refractivity contribution in [2.75, 3.05) is 19.5 Å². The first-order valence-electron chi connectivity index (χ1n) is 7.52. The fourth-order valence-electron chi connectivity index (χ4n) is 2.12. The van der Waals surface area contributed by atoms with E-state index in [-0.39, 0.29) is 11.7 Å². The molecule has 0 aliphatic carbocycles. The molecular weight excluding hydrogens is 313 g/mol. The summed E-state index contributed by atoms with van der Waals surface area (Å²) in [6.45, 7) is 1.83. The van der Waals surface area contributed by atoms with Crippen LogP contribution >= 0.6 is 0 Å². The van der Waals surface area contributed by atoms with Crippen molar-refractivity contribution < 1.29 is 23.4 Å². The molecule has 5 nitrogen and oxygen atoms in total. The van der Waals surface area contributed by atoms with Gasteiger partial charge in [-0.2, -0.15) is 0 Å². The highest BCUT2D eigenvalue weighted by Crippen LogP contribution is 2.29. The van der Waals surface area contributed by atoms with Gasteiger partial charge in [-0.05, 0) is 42.8 Å². The molecule has 2 aromatic carbocycles. The van der Waals surface area contributed by atoms with Crippen LogP contribution in [-0.4, -0.2) is 26.2 Å². The number of amides is 1. The summed E-state index contributed by atoms with van der Waals surface area (Å²) in [7, 11) is 3.06. The Bertz CT molecular complexity index is 688. The summed E-state index contributed by atoms with van der Waals surface area (Å²) < 4.78 is 29.0. The number of carbonyl (C=O) groups excluding carboxylic acids is 1. The zero-order chi connectivity index (χ0) is 17.5. The standard InChI is InChI=1S/C18H20FNO4/c1-4-16(24-13-7-5-12(19)6-8-13)18(21)20-15-11-14(22-2)9-10-17(15)23-3/h5-11,16H,4H2,1-3H3,(H,20,21)/t16-/m1/s1. The van der Waals surface area contributed by atoms with Gasteiger partial charge in [0.1, 0.15) is 23.1 Å². The maximum atomic E-state index is 12.9. The number of ether oxygens (including phenoxy) is 3. The summed E-state index contributed by atoms with van der Waals surface area (Å²) in [5, 5.41) is 2.78. The van der Waals surface area contributed by atoms with Crippen LogP contribution in [0.5, 0.6) is 17.2 Å². The van der Waals surface area contributed by atoms with Gasteiger partial charge in [0.15, 0.2) is 6.10 Å². The van der Waals surface area contributed by atoms with Crippen LogP contribution in [-0.2, 0) is 4.79 Å². The highest BCUT2D eigenvalue weighted by Gasteiger charge is 2.20. The van der Waals surface area contributed by atoms with Crippen LogP contribution in [0.25, 0.3) is 0 Å². The Morgan fingerprint density at radius 1 is 1.08 bits per heavy atom. The highest BCUT2D eigenvalue weighted by atomic mass is 19.1. The van der Waals surface area contributed by atoms with Crippen molar-refractivity contribution in [3.63, 3.8) is 0 Å². The average Bonchev–Trinajstić information content (AvgIpc) is 2.61. The molecule has 0 bridgehead atoms. The maximum absolute atomic E-state index is 12.9. The van der Waals surface area contributed by atoms with Crippen LogP contribution in [0.1, 0.15) is 13.3 Å². The summed E-state index contributed by atoms with van der Waals surface area (Å²) in [6, 6.07) is 10.6. The molecule has 0 unspecified atom stereocenters. The molecule has 0 radical (unpaired) electrons. The zero-order valence-corrected chi connectivity index (χ0v) is 13.8. The molecule has 2 rings (SSSR count). The maximum Gasteiger partial charge on any atom is 0.265 e. The van der Waals surface area contributed by atoms with Gasteiger partial charge in [-0.15, -0.1) is 0 Å². The summed E-state index contributed by atoms with van der Waals surface area (Å²) in [6.07, 6.45) is -0.262. The number of carbonyl (C=O) groups is 1. The van der Waals surface area contributed by atoms with Gasteiger partial charge < -0.3 is 19.5 Å². The van der Waals surface area contributed by atoms with Crippen molar-refractivity contribution in [1.29, 1.82) is 0 Å². The van der Waals surface area contributed by atoms with E-state index in [1.54, 1.807) is 25.3 Å². The lowest BCUT2D eigenvalue weighted by Crippen LogP contribution is -2.32. The van der Waals surface area contributed by atoms with E-state index >= 15 is 0 Å². The van der Waals surface area contributed by atoms with Gasteiger partial charge in [0, 0.05) is 6.07 Å². The molecule has 2 aromatic rings. The van der Waals surface area contributed by atoms with Crippen molar-refractivity contribution in [3.8, 4) is 17.2 Å². The molecule has 0 aromatic heterocycles. The Labute approximate surface area is 140 Å². The zero-order valence-electron chi connectivity index (χ0n) is 13.8. The third kappa shape index (κ3) is 4.38. The van der Waals surface area contributed by atoms with Crippen LogP contribution in [0.2, 0.25) is 0 Å². The quantitative estimate of drug-likeness (QED) is 0.840. The molecule has 0 aliphatic heterocycles. The van der Waals surface area contributed by atoms with Crippen LogP contribution < -0.4 is 19.5 Å². The summed E-state index contributed by atoms with van der Waals surface area (Å²) in [4.78, 5) is 12.5. The molecule has 0 spiro atoms. The third-order valence-electron chi connectivity index (χ3n) is 3.42. The van der Waals surface area contributed by atoms with E-state index in [1.165, 1.54) is 31.4 Å². The highest BCUT2D eigenvalue weighted by molar-refractivity contribution is 5.95. The molecular formula is C18H20FNO4. The van der Waals surface area contributed by atoms with Crippen molar-refractivity contribution in [1.82, 2.24) is 0 Å². The number of anilines is 1. The molecule has 0 saturated carbocycles. The van der Waals surface area contributed by atoms with Gasteiger partial charge in [0.05, 0.1) is 19.9 Å². The number of hydrogen-bond acceptors (Lipinski definition) is 4. The smallest absolute Gasteiger partial charge is 0.265 e. The van der Waals surface area contributed by atoms with Gasteiger partial charge in [-0.3, -0.25) is 4.79 Å². The van der Waals surface area contributed by atoms with E-state index in [0.29, 0.717) is 29.4 Å². The van der Waals surface area contributed by atoms with Gasteiger partial charge in [0.25, 0.3) is 5.91 Å². The lowest BCUT2D eigenvalue weighted by Gasteiger charge is -2.18. The monoisotopic (exact) mass is 333 g/mol. The molecule has 0 heterocycles. The average molecular weight is 333 g/mol. The minimum absolute atomic E-state index is 0.326. The first-order valence-corrected chi connectivity index (χ1v) is 7.52. The van der Waals surface area contributed by atoms with Gasteiger partial charge in [-0.1, -0.05) is 6.92 Å². The molecule has 0 aliphatic rings. The summed E-state index contributed by atoms with van der Waals surface area (Å²) >= 11 is 0. The molecule has 1 N–H and O–H groups in total. The Morgan fingerprint density at radius 2 is 1.75 bits per heavy atom. The minimum Gasteiger partial charge on any atom is -0.497 e. The number of hydrogen-bond donors (Lipinski definition) is 1. The van der Waals surface area contributed by atoms with E-state index in [0.717, 1.165) is 0 Å². The van der Waals surface area contributed by atoms with Crippen molar-refractivity contribution in [2.45, 2.75) is 19.4 Å². The lowest BCUT2D eigenvalue weighted by molar-refractivity contribution is -0.122. The van der Waals surface area contributed by atoms with Crippen molar-refractivity contribution >= 4 is 11.6 Å². The fourth-order valence-corrected chi connectivity index (χ4v) is 2.12. The van der Waals surface area contributed by atoms with E-state index in [9.17, 15) is 9.18 Å². The molecule has 0 saturated heterocycles. The topological polar surface area (TPSA) is 56.8 Å². The molecule has 0 fully saturated rings. The van der Waals surface area contributed by atoms with E-state index in [1.807, 2.05) is 6.92 Å². The second kappa shape index (κ2) is 8.19. The number of methoxy groups -OCH3 is 2. The molecule has 1 atom stereocenters. The van der Waals surface area contributed by atoms with Gasteiger partial charge in [0.2, 0.25) is 0 Å². The Kier molecular flexibility index (Phi) is 6.01. The second-order valence-electron chi connectivity index (χ2n) is 5.02. The van der Waals surface area contributed by atoms with Crippen LogP contribution in [0.15, 0.2) is 42.5 Å². The third-order valence-corrected chi connectivity index (χ3v) is 3.42. The van der Waals surface area contributed by atoms with Crippen molar-refractivity contribution in [3.05, 3.63) is 48.3 Å². The molecule has 1 amide bonds. The SMILES string of the molecule is CC[C@@H](Oc1ccc(F)cc1)C(=O)Nc1cc(OC)ccc1OC. The normalized spacial score (nSPS) is 11.5. The molecule has 128 valence electrons. The second-order valence-corrected chi connectivity index (χ2v) is 5.02. The predicted molar refractivity (Wildman–Crippen MR) is 89.3 cm³/mol. The van der Waals surface area contributed by atoms with E-state index < -0.39 is 6.10 Å². The minimum atomic E-state index is -0.716. The molecule has 6 heteroatoms. The largest absolute Gasteiger partial charge is 0.497 e. The number of benzene rings is 2. The van der Waals surface area contributed by atoms with E-state index in [4.69, 9.17) is 14.2 Å². The molecule has 24 heavy (non-hydrogen) atoms. The summed E-state index contributed by atoms with van der Waals surface area (Å²) in [5.74, 6) is 0.852. The first kappa shape index (κ1) is 17.6. The van der Waals surface area contributed by atoms with Gasteiger partial charge >= 0.3 is 0 Å². The number of rotatable bonds is 7. The number of halogens is 1. The fraction of sp³-hybridized carbons (Fsp3) is 0.278. The Hall–Kier alpha value is -2.76. The first-order chi connectivity index (χ1) is 11.6. The van der Waals surface area contributed by atoms with E-state index in [2.05, 4.69) is 5.32 Å². The summed E-state index contributed by atoms with van der Waals surface area (Å²) in [5.41, 5.74) is 0.489. The number of nitrogens with one attached hydrogen (secondary N) is 1. The van der Waals surface area contributed by atoms with Crippen LogP contribution in [0.4, 0.5) is 10.1 Å². The van der Waals surface area contributed by atoms with Crippen LogP contribution in [0.3, 0.4) is 0 Å².